The second-order valence-corrected chi connectivity index (χ2v) is 9.30. The SMILES string of the molecule is CN=C(NCCN1CCCS1(=O)=O)NC(C)CCC(C)(C)C.I. The predicted molar refractivity (Wildman–Crippen MR) is 108 cm³/mol. The zero-order valence-electron chi connectivity index (χ0n) is 15.1. The lowest BCUT2D eigenvalue weighted by atomic mass is 9.89. The maximum atomic E-state index is 11.7. The smallest absolute Gasteiger partial charge is 0.214 e. The molecule has 0 amide bonds. The molecule has 2 N–H and O–H groups in total. The van der Waals surface area contributed by atoms with Gasteiger partial charge in [0.25, 0.3) is 0 Å². The average molecular weight is 460 g/mol. The molecule has 8 heteroatoms. The predicted octanol–water partition coefficient (Wildman–Crippen LogP) is 2.02. The summed E-state index contributed by atoms with van der Waals surface area (Å²) in [5, 5.41) is 6.55. The Balaban J connectivity index is 0.00000484. The van der Waals surface area contributed by atoms with Crippen LogP contribution in [-0.2, 0) is 10.0 Å². The maximum absolute atomic E-state index is 11.7. The summed E-state index contributed by atoms with van der Waals surface area (Å²) in [6.45, 7) is 10.6. The zero-order valence-corrected chi connectivity index (χ0v) is 18.2. The number of halogens is 1. The molecule has 0 aromatic carbocycles. The minimum Gasteiger partial charge on any atom is -0.355 e. The molecule has 0 aliphatic carbocycles. The van der Waals surface area contributed by atoms with Gasteiger partial charge in [0, 0.05) is 32.7 Å². The number of aliphatic imine (C=N–C) groups is 1. The third kappa shape index (κ3) is 9.09. The van der Waals surface area contributed by atoms with E-state index in [0.717, 1.165) is 25.2 Å². The minimum absolute atomic E-state index is 0. The van der Waals surface area contributed by atoms with Gasteiger partial charge in [-0.3, -0.25) is 4.99 Å². The van der Waals surface area contributed by atoms with E-state index in [1.165, 1.54) is 0 Å². The van der Waals surface area contributed by atoms with Crippen LogP contribution in [0, 0.1) is 5.41 Å². The monoisotopic (exact) mass is 460 g/mol. The van der Waals surface area contributed by atoms with E-state index in [2.05, 4.69) is 43.3 Å². The summed E-state index contributed by atoms with van der Waals surface area (Å²) in [7, 11) is -1.27. The molecule has 1 atom stereocenters. The number of hydrogen-bond acceptors (Lipinski definition) is 3. The van der Waals surface area contributed by atoms with Gasteiger partial charge in [-0.25, -0.2) is 12.7 Å². The first kappa shape index (κ1) is 22.9. The number of sulfonamides is 1. The van der Waals surface area contributed by atoms with Gasteiger partial charge in [-0.15, -0.1) is 24.0 Å². The summed E-state index contributed by atoms with van der Waals surface area (Å²) in [6.07, 6.45) is 2.95. The fraction of sp³-hybridized carbons (Fsp3) is 0.933. The van der Waals surface area contributed by atoms with E-state index in [1.54, 1.807) is 11.4 Å². The molecule has 1 aliphatic rings. The second-order valence-electron chi connectivity index (χ2n) is 7.21. The summed E-state index contributed by atoms with van der Waals surface area (Å²) < 4.78 is 25.0. The Morgan fingerprint density at radius 3 is 2.48 bits per heavy atom. The number of rotatable bonds is 6. The van der Waals surface area contributed by atoms with Crippen molar-refractivity contribution in [3.63, 3.8) is 0 Å². The highest BCUT2D eigenvalue weighted by molar-refractivity contribution is 14.0. The summed E-state index contributed by atoms with van der Waals surface area (Å²) in [4.78, 5) is 4.20. The molecule has 1 heterocycles. The molecule has 0 radical (unpaired) electrons. The van der Waals surface area contributed by atoms with Crippen LogP contribution in [0.4, 0.5) is 0 Å². The van der Waals surface area contributed by atoms with Crippen LogP contribution >= 0.6 is 24.0 Å². The van der Waals surface area contributed by atoms with E-state index in [4.69, 9.17) is 0 Å². The Morgan fingerprint density at radius 1 is 1.35 bits per heavy atom. The molecule has 0 aromatic rings. The van der Waals surface area contributed by atoms with Crippen molar-refractivity contribution < 1.29 is 8.42 Å². The van der Waals surface area contributed by atoms with Crippen LogP contribution < -0.4 is 10.6 Å². The Hall–Kier alpha value is -0.0900. The number of hydrogen-bond donors (Lipinski definition) is 2. The van der Waals surface area contributed by atoms with E-state index in [9.17, 15) is 8.42 Å². The van der Waals surface area contributed by atoms with Crippen molar-refractivity contribution in [3.8, 4) is 0 Å². The molecule has 6 nitrogen and oxygen atoms in total. The molecule has 23 heavy (non-hydrogen) atoms. The minimum atomic E-state index is -3.01. The average Bonchev–Trinajstić information content (AvgIpc) is 2.73. The van der Waals surface area contributed by atoms with Crippen LogP contribution in [0.5, 0.6) is 0 Å². The Kier molecular flexibility index (Phi) is 9.99. The molecule has 0 saturated carbocycles. The van der Waals surface area contributed by atoms with Gasteiger partial charge in [0.1, 0.15) is 0 Å². The van der Waals surface area contributed by atoms with Gasteiger partial charge in [0.15, 0.2) is 5.96 Å². The molecule has 1 saturated heterocycles. The molecule has 1 unspecified atom stereocenters. The van der Waals surface area contributed by atoms with Gasteiger partial charge in [-0.2, -0.15) is 0 Å². The fourth-order valence-electron chi connectivity index (χ4n) is 2.39. The largest absolute Gasteiger partial charge is 0.355 e. The molecule has 1 fully saturated rings. The summed E-state index contributed by atoms with van der Waals surface area (Å²) >= 11 is 0. The van der Waals surface area contributed by atoms with Crippen molar-refractivity contribution in [1.29, 1.82) is 0 Å². The van der Waals surface area contributed by atoms with E-state index in [-0.39, 0.29) is 29.7 Å². The van der Waals surface area contributed by atoms with Crippen molar-refractivity contribution in [2.45, 2.75) is 53.0 Å². The number of guanidine groups is 1. The first-order valence-corrected chi connectivity index (χ1v) is 9.70. The third-order valence-electron chi connectivity index (χ3n) is 3.79. The maximum Gasteiger partial charge on any atom is 0.214 e. The molecule has 0 spiro atoms. The zero-order chi connectivity index (χ0) is 16.8. The first-order chi connectivity index (χ1) is 10.1. The van der Waals surface area contributed by atoms with E-state index in [1.807, 2.05) is 0 Å². The summed E-state index contributed by atoms with van der Waals surface area (Å²) in [6, 6.07) is 0.334. The van der Waals surface area contributed by atoms with Crippen molar-refractivity contribution in [2.24, 2.45) is 10.4 Å². The summed E-state index contributed by atoms with van der Waals surface area (Å²) in [5.41, 5.74) is 0.330. The molecule has 0 bridgehead atoms. The lowest BCUT2D eigenvalue weighted by Crippen LogP contribution is -2.45. The van der Waals surface area contributed by atoms with Gasteiger partial charge in [0.05, 0.1) is 5.75 Å². The number of nitrogens with zero attached hydrogens (tertiary/aromatic N) is 2. The van der Waals surface area contributed by atoms with Gasteiger partial charge >= 0.3 is 0 Å². The first-order valence-electron chi connectivity index (χ1n) is 8.09. The Morgan fingerprint density at radius 2 is 2.00 bits per heavy atom. The quantitative estimate of drug-likeness (QED) is 0.362. The van der Waals surface area contributed by atoms with E-state index < -0.39 is 10.0 Å². The van der Waals surface area contributed by atoms with Crippen molar-refractivity contribution in [2.75, 3.05) is 32.4 Å². The van der Waals surface area contributed by atoms with Crippen LogP contribution in [0.2, 0.25) is 0 Å². The van der Waals surface area contributed by atoms with Crippen molar-refractivity contribution in [1.82, 2.24) is 14.9 Å². The van der Waals surface area contributed by atoms with E-state index in [0.29, 0.717) is 31.1 Å². The standard InChI is InChI=1S/C15H32N4O2S.HI/c1-13(7-8-15(2,3)4)18-14(16-5)17-9-11-19-10-6-12-22(19,20)21;/h13H,6-12H2,1-5H3,(H2,16,17,18);1H. The van der Waals surface area contributed by atoms with Gasteiger partial charge in [0.2, 0.25) is 10.0 Å². The molecular formula is C15H33IN4O2S. The normalized spacial score (nSPS) is 20.0. The molecule has 1 rings (SSSR count). The van der Waals surface area contributed by atoms with Crippen molar-refractivity contribution >= 4 is 40.0 Å². The second kappa shape index (κ2) is 10.0. The van der Waals surface area contributed by atoms with E-state index >= 15 is 0 Å². The van der Waals surface area contributed by atoms with Crippen LogP contribution in [0.25, 0.3) is 0 Å². The van der Waals surface area contributed by atoms with Gasteiger partial charge in [-0.1, -0.05) is 20.8 Å². The lowest BCUT2D eigenvalue weighted by molar-refractivity contribution is 0.346. The van der Waals surface area contributed by atoms with Crippen LogP contribution in [0.3, 0.4) is 0 Å². The highest BCUT2D eigenvalue weighted by atomic mass is 127. The lowest BCUT2D eigenvalue weighted by Gasteiger charge is -2.23. The Bertz CT molecular complexity index is 474. The topological polar surface area (TPSA) is 73.8 Å². The molecule has 138 valence electrons. The number of nitrogens with one attached hydrogen (secondary N) is 2. The Labute approximate surface area is 159 Å². The van der Waals surface area contributed by atoms with Gasteiger partial charge < -0.3 is 10.6 Å². The third-order valence-corrected chi connectivity index (χ3v) is 5.75. The van der Waals surface area contributed by atoms with Crippen LogP contribution in [0.15, 0.2) is 4.99 Å². The highest BCUT2D eigenvalue weighted by Gasteiger charge is 2.27. The molecular weight excluding hydrogens is 427 g/mol. The summed E-state index contributed by atoms with van der Waals surface area (Å²) in [5.74, 6) is 1.02. The molecule has 1 aliphatic heterocycles. The fourth-order valence-corrected chi connectivity index (χ4v) is 3.92. The highest BCUT2D eigenvalue weighted by Crippen LogP contribution is 2.21. The van der Waals surface area contributed by atoms with Gasteiger partial charge in [-0.05, 0) is 31.6 Å². The van der Waals surface area contributed by atoms with Crippen LogP contribution in [0.1, 0.15) is 47.0 Å². The van der Waals surface area contributed by atoms with Crippen molar-refractivity contribution in [3.05, 3.63) is 0 Å². The molecule has 0 aromatic heterocycles. The van der Waals surface area contributed by atoms with Crippen LogP contribution in [-0.4, -0.2) is 57.2 Å².